The van der Waals surface area contributed by atoms with Crippen molar-refractivity contribution in [1.29, 1.82) is 0 Å². The second kappa shape index (κ2) is 4.28. The Balaban J connectivity index is 2.64. The summed E-state index contributed by atoms with van der Waals surface area (Å²) in [4.78, 5) is 7.88. The molecule has 62 valence electrons. The topological polar surface area (TPSA) is 50.7 Å². The standard InChI is InChI=1S/C9H11N3/c1-8(10)11-7-12-9-5-3-2-4-6-9/h2-7H,1H3,(H2,10,11,12). The molecule has 0 fully saturated rings. The normalized spacial score (nSPS) is 12.2. The minimum absolute atomic E-state index is 0.509. The van der Waals surface area contributed by atoms with E-state index in [0.717, 1.165) is 5.69 Å². The second-order valence-electron chi connectivity index (χ2n) is 2.35. The summed E-state index contributed by atoms with van der Waals surface area (Å²) in [5.41, 5.74) is 6.19. The van der Waals surface area contributed by atoms with Crippen LogP contribution in [0.15, 0.2) is 40.3 Å². The summed E-state index contributed by atoms with van der Waals surface area (Å²) in [6, 6.07) is 9.59. The van der Waals surface area contributed by atoms with Crippen molar-refractivity contribution in [2.75, 3.05) is 0 Å². The van der Waals surface area contributed by atoms with Gasteiger partial charge in [-0.3, -0.25) is 0 Å². The Bertz CT molecular complexity index is 284. The van der Waals surface area contributed by atoms with Crippen LogP contribution >= 0.6 is 0 Å². The fourth-order valence-corrected chi connectivity index (χ4v) is 0.701. The van der Waals surface area contributed by atoms with Gasteiger partial charge in [0, 0.05) is 0 Å². The smallest absolute Gasteiger partial charge is 0.118 e. The van der Waals surface area contributed by atoms with E-state index in [1.807, 2.05) is 30.3 Å². The van der Waals surface area contributed by atoms with Crippen LogP contribution < -0.4 is 5.73 Å². The number of aliphatic imine (C=N–C) groups is 2. The van der Waals surface area contributed by atoms with Gasteiger partial charge in [-0.1, -0.05) is 18.2 Å². The number of benzene rings is 1. The van der Waals surface area contributed by atoms with Crippen molar-refractivity contribution in [1.82, 2.24) is 0 Å². The zero-order valence-corrected chi connectivity index (χ0v) is 6.94. The minimum atomic E-state index is 0.509. The quantitative estimate of drug-likeness (QED) is 0.521. The molecule has 0 heterocycles. The van der Waals surface area contributed by atoms with Crippen molar-refractivity contribution in [3.05, 3.63) is 30.3 Å². The lowest BCUT2D eigenvalue weighted by Gasteiger charge is -1.88. The summed E-state index contributed by atoms with van der Waals surface area (Å²) in [6.45, 7) is 1.72. The Morgan fingerprint density at radius 1 is 1.33 bits per heavy atom. The first-order valence-electron chi connectivity index (χ1n) is 3.66. The van der Waals surface area contributed by atoms with Gasteiger partial charge in [-0.15, -0.1) is 0 Å². The van der Waals surface area contributed by atoms with Gasteiger partial charge in [0.1, 0.15) is 6.34 Å². The number of nitrogens with two attached hydrogens (primary N) is 1. The summed E-state index contributed by atoms with van der Waals surface area (Å²) in [5.74, 6) is 0.509. The molecular weight excluding hydrogens is 150 g/mol. The zero-order valence-electron chi connectivity index (χ0n) is 6.94. The van der Waals surface area contributed by atoms with Crippen molar-refractivity contribution in [3.63, 3.8) is 0 Å². The molecular formula is C9H11N3. The molecule has 0 amide bonds. The SMILES string of the molecule is CC(N)=NC=Nc1ccccc1. The summed E-state index contributed by atoms with van der Waals surface area (Å²) in [6.07, 6.45) is 1.45. The van der Waals surface area contributed by atoms with E-state index >= 15 is 0 Å². The third-order valence-corrected chi connectivity index (χ3v) is 1.22. The molecule has 0 spiro atoms. The fraction of sp³-hybridized carbons (Fsp3) is 0.111. The van der Waals surface area contributed by atoms with Crippen LogP contribution in [0.5, 0.6) is 0 Å². The van der Waals surface area contributed by atoms with Crippen LogP contribution in [-0.2, 0) is 0 Å². The molecule has 12 heavy (non-hydrogen) atoms. The number of hydrogen-bond donors (Lipinski definition) is 1. The van der Waals surface area contributed by atoms with Gasteiger partial charge in [0.25, 0.3) is 0 Å². The van der Waals surface area contributed by atoms with Gasteiger partial charge in [-0.2, -0.15) is 0 Å². The fourth-order valence-electron chi connectivity index (χ4n) is 0.701. The highest BCUT2D eigenvalue weighted by molar-refractivity contribution is 5.85. The number of amidine groups is 1. The Labute approximate surface area is 71.7 Å². The minimum Gasteiger partial charge on any atom is -0.387 e. The van der Waals surface area contributed by atoms with E-state index < -0.39 is 0 Å². The van der Waals surface area contributed by atoms with Crippen LogP contribution in [0.3, 0.4) is 0 Å². The van der Waals surface area contributed by atoms with Crippen LogP contribution in [0.25, 0.3) is 0 Å². The first-order valence-corrected chi connectivity index (χ1v) is 3.66. The Morgan fingerprint density at radius 2 is 2.00 bits per heavy atom. The van der Waals surface area contributed by atoms with Gasteiger partial charge in [-0.25, -0.2) is 9.98 Å². The van der Waals surface area contributed by atoms with Gasteiger partial charge in [0.2, 0.25) is 0 Å². The van der Waals surface area contributed by atoms with E-state index in [-0.39, 0.29) is 0 Å². The Kier molecular flexibility index (Phi) is 3.02. The molecule has 0 aliphatic heterocycles. The first-order chi connectivity index (χ1) is 5.79. The highest BCUT2D eigenvalue weighted by Gasteiger charge is 1.81. The lowest BCUT2D eigenvalue weighted by atomic mass is 10.3. The van der Waals surface area contributed by atoms with Crippen LogP contribution in [0.1, 0.15) is 6.92 Å². The molecule has 0 unspecified atom stereocenters. The first kappa shape index (κ1) is 8.46. The lowest BCUT2D eigenvalue weighted by molar-refractivity contribution is 1.49. The average Bonchev–Trinajstić information content (AvgIpc) is 2.05. The molecule has 1 aromatic rings. The van der Waals surface area contributed by atoms with Gasteiger partial charge in [-0.05, 0) is 19.1 Å². The molecule has 0 atom stereocenters. The highest BCUT2D eigenvalue weighted by Crippen LogP contribution is 2.07. The average molecular weight is 161 g/mol. The molecule has 3 heteroatoms. The molecule has 0 radical (unpaired) electrons. The molecule has 3 nitrogen and oxygen atoms in total. The summed E-state index contributed by atoms with van der Waals surface area (Å²) in [5, 5.41) is 0. The number of rotatable bonds is 2. The van der Waals surface area contributed by atoms with E-state index in [1.165, 1.54) is 6.34 Å². The molecule has 1 aromatic carbocycles. The van der Waals surface area contributed by atoms with E-state index in [4.69, 9.17) is 5.73 Å². The summed E-state index contributed by atoms with van der Waals surface area (Å²) < 4.78 is 0. The number of hydrogen-bond acceptors (Lipinski definition) is 1. The van der Waals surface area contributed by atoms with Crippen molar-refractivity contribution in [3.8, 4) is 0 Å². The van der Waals surface area contributed by atoms with Crippen LogP contribution in [0.2, 0.25) is 0 Å². The van der Waals surface area contributed by atoms with Gasteiger partial charge in [0.15, 0.2) is 0 Å². The maximum Gasteiger partial charge on any atom is 0.118 e. The predicted molar refractivity (Wildman–Crippen MR) is 51.9 cm³/mol. The van der Waals surface area contributed by atoms with E-state index in [1.54, 1.807) is 6.92 Å². The number of nitrogens with zero attached hydrogens (tertiary/aromatic N) is 2. The van der Waals surface area contributed by atoms with Crippen molar-refractivity contribution in [2.24, 2.45) is 15.7 Å². The molecule has 0 bridgehead atoms. The molecule has 0 aromatic heterocycles. The third kappa shape index (κ3) is 2.96. The van der Waals surface area contributed by atoms with E-state index in [2.05, 4.69) is 9.98 Å². The lowest BCUT2D eigenvalue weighted by Crippen LogP contribution is -2.04. The molecule has 2 N–H and O–H groups in total. The van der Waals surface area contributed by atoms with E-state index in [0.29, 0.717) is 5.84 Å². The van der Waals surface area contributed by atoms with Crippen molar-refractivity contribution in [2.45, 2.75) is 6.92 Å². The molecule has 1 rings (SSSR count). The van der Waals surface area contributed by atoms with Crippen LogP contribution in [-0.4, -0.2) is 12.2 Å². The maximum atomic E-state index is 5.32. The monoisotopic (exact) mass is 161 g/mol. The van der Waals surface area contributed by atoms with Gasteiger partial charge >= 0.3 is 0 Å². The van der Waals surface area contributed by atoms with E-state index in [9.17, 15) is 0 Å². The number of para-hydroxylation sites is 1. The molecule has 0 aliphatic carbocycles. The van der Waals surface area contributed by atoms with Gasteiger partial charge in [0.05, 0.1) is 11.5 Å². The zero-order chi connectivity index (χ0) is 8.81. The van der Waals surface area contributed by atoms with Crippen molar-refractivity contribution < 1.29 is 0 Å². The largest absolute Gasteiger partial charge is 0.387 e. The summed E-state index contributed by atoms with van der Waals surface area (Å²) >= 11 is 0. The predicted octanol–water partition coefficient (Wildman–Crippen LogP) is 1.72. The second-order valence-corrected chi connectivity index (χ2v) is 2.35. The summed E-state index contributed by atoms with van der Waals surface area (Å²) in [7, 11) is 0. The Morgan fingerprint density at radius 3 is 2.58 bits per heavy atom. The molecule has 0 aliphatic rings. The maximum absolute atomic E-state index is 5.32. The molecule has 0 saturated heterocycles. The molecule has 0 saturated carbocycles. The highest BCUT2D eigenvalue weighted by atomic mass is 14.9. The van der Waals surface area contributed by atoms with Crippen LogP contribution in [0.4, 0.5) is 5.69 Å². The third-order valence-electron chi connectivity index (χ3n) is 1.22. The van der Waals surface area contributed by atoms with Gasteiger partial charge < -0.3 is 5.73 Å². The van der Waals surface area contributed by atoms with Crippen LogP contribution in [0, 0.1) is 0 Å². The Hall–Kier alpha value is -1.64. The van der Waals surface area contributed by atoms with Crippen molar-refractivity contribution >= 4 is 17.9 Å².